The average Bonchev–Trinajstić information content (AvgIpc) is 2.25. The van der Waals surface area contributed by atoms with Crippen molar-refractivity contribution in [3.8, 4) is 0 Å². The standard InChI is InChI=1S/C11H20/c1-3-8(2)10-6-4-9-5-7-11(9)10/h8-11H,3-7H2,1-2H3. The first-order chi connectivity index (χ1) is 5.33. The van der Waals surface area contributed by atoms with Crippen LogP contribution in [-0.2, 0) is 0 Å². The third-order valence-corrected chi connectivity index (χ3v) is 4.27. The summed E-state index contributed by atoms with van der Waals surface area (Å²) in [6.45, 7) is 4.79. The van der Waals surface area contributed by atoms with Gasteiger partial charge < -0.3 is 0 Å². The Labute approximate surface area is 70.4 Å². The summed E-state index contributed by atoms with van der Waals surface area (Å²) in [7, 11) is 0. The summed E-state index contributed by atoms with van der Waals surface area (Å²) in [6, 6.07) is 0. The zero-order valence-corrected chi connectivity index (χ0v) is 7.84. The van der Waals surface area contributed by atoms with E-state index in [0.717, 1.165) is 23.7 Å². The zero-order chi connectivity index (χ0) is 7.84. The minimum Gasteiger partial charge on any atom is -0.0651 e. The highest BCUT2D eigenvalue weighted by Gasteiger charge is 2.43. The molecule has 0 heteroatoms. The lowest BCUT2D eigenvalue weighted by atomic mass is 9.69. The quantitative estimate of drug-likeness (QED) is 0.568. The molecule has 2 aliphatic rings. The van der Waals surface area contributed by atoms with E-state index in [-0.39, 0.29) is 0 Å². The molecule has 4 unspecified atom stereocenters. The van der Waals surface area contributed by atoms with E-state index >= 15 is 0 Å². The van der Waals surface area contributed by atoms with Crippen molar-refractivity contribution in [1.82, 2.24) is 0 Å². The van der Waals surface area contributed by atoms with Crippen LogP contribution in [0.2, 0.25) is 0 Å². The fraction of sp³-hybridized carbons (Fsp3) is 1.00. The maximum atomic E-state index is 2.45. The van der Waals surface area contributed by atoms with Gasteiger partial charge in [-0.1, -0.05) is 20.3 Å². The summed E-state index contributed by atoms with van der Waals surface area (Å²) in [5, 5.41) is 0. The Kier molecular flexibility index (Phi) is 1.95. The summed E-state index contributed by atoms with van der Waals surface area (Å²) in [4.78, 5) is 0. The Hall–Kier alpha value is 0. The maximum Gasteiger partial charge on any atom is -0.0355 e. The minimum atomic E-state index is 1.00. The Bertz CT molecular complexity index is 139. The molecule has 11 heavy (non-hydrogen) atoms. The second kappa shape index (κ2) is 2.80. The van der Waals surface area contributed by atoms with Crippen LogP contribution < -0.4 is 0 Å². The van der Waals surface area contributed by atoms with Crippen LogP contribution in [0.3, 0.4) is 0 Å². The summed E-state index contributed by atoms with van der Waals surface area (Å²) >= 11 is 0. The van der Waals surface area contributed by atoms with Crippen molar-refractivity contribution in [2.45, 2.75) is 46.0 Å². The molecule has 2 rings (SSSR count). The second-order valence-corrected chi connectivity index (χ2v) is 4.63. The van der Waals surface area contributed by atoms with Gasteiger partial charge in [-0.2, -0.15) is 0 Å². The lowest BCUT2D eigenvalue weighted by molar-refractivity contribution is 0.136. The molecule has 0 aliphatic heterocycles. The highest BCUT2D eigenvalue weighted by atomic mass is 14.5. The number of hydrogen-bond donors (Lipinski definition) is 0. The molecule has 0 N–H and O–H groups in total. The Morgan fingerprint density at radius 1 is 1.18 bits per heavy atom. The molecule has 0 aromatic rings. The topological polar surface area (TPSA) is 0 Å². The Morgan fingerprint density at radius 3 is 2.36 bits per heavy atom. The lowest BCUT2D eigenvalue weighted by Crippen LogP contribution is -2.27. The summed E-state index contributed by atoms with van der Waals surface area (Å²) in [5.74, 6) is 4.43. The molecule has 0 amide bonds. The van der Waals surface area contributed by atoms with Gasteiger partial charge in [-0.3, -0.25) is 0 Å². The molecular weight excluding hydrogens is 132 g/mol. The Balaban J connectivity index is 1.94. The van der Waals surface area contributed by atoms with E-state index < -0.39 is 0 Å². The van der Waals surface area contributed by atoms with Crippen LogP contribution >= 0.6 is 0 Å². The first-order valence-electron chi connectivity index (χ1n) is 5.33. The van der Waals surface area contributed by atoms with E-state index in [1.807, 2.05) is 0 Å². The SMILES string of the molecule is CCC(C)C1CCC2CCC21. The Morgan fingerprint density at radius 2 is 1.91 bits per heavy atom. The first kappa shape index (κ1) is 7.64. The largest absolute Gasteiger partial charge is 0.0651 e. The smallest absolute Gasteiger partial charge is 0.0355 e. The van der Waals surface area contributed by atoms with Gasteiger partial charge in [-0.15, -0.1) is 0 Å². The molecule has 0 aromatic carbocycles. The lowest BCUT2D eigenvalue weighted by Gasteiger charge is -2.36. The molecule has 0 heterocycles. The molecule has 0 radical (unpaired) electrons. The molecule has 64 valence electrons. The van der Waals surface area contributed by atoms with Gasteiger partial charge in [-0.25, -0.2) is 0 Å². The van der Waals surface area contributed by atoms with Crippen molar-refractivity contribution in [3.05, 3.63) is 0 Å². The predicted molar refractivity (Wildman–Crippen MR) is 48.4 cm³/mol. The molecule has 0 aromatic heterocycles. The normalized spacial score (nSPS) is 44.7. The van der Waals surface area contributed by atoms with Gasteiger partial charge in [0, 0.05) is 0 Å². The van der Waals surface area contributed by atoms with Gasteiger partial charge in [0.25, 0.3) is 0 Å². The maximum absolute atomic E-state index is 2.45. The van der Waals surface area contributed by atoms with Crippen molar-refractivity contribution in [1.29, 1.82) is 0 Å². The minimum absolute atomic E-state index is 1.00. The van der Waals surface area contributed by atoms with Crippen molar-refractivity contribution < 1.29 is 0 Å². The monoisotopic (exact) mass is 152 g/mol. The van der Waals surface area contributed by atoms with Crippen LogP contribution in [0, 0.1) is 23.7 Å². The van der Waals surface area contributed by atoms with Crippen molar-refractivity contribution >= 4 is 0 Å². The summed E-state index contributed by atoms with van der Waals surface area (Å²) < 4.78 is 0. The van der Waals surface area contributed by atoms with E-state index in [0.29, 0.717) is 0 Å². The molecule has 2 aliphatic carbocycles. The number of hydrogen-bond acceptors (Lipinski definition) is 0. The highest BCUT2D eigenvalue weighted by Crippen LogP contribution is 2.53. The predicted octanol–water partition coefficient (Wildman–Crippen LogP) is 3.47. The fourth-order valence-electron chi connectivity index (χ4n) is 3.15. The third kappa shape index (κ3) is 1.11. The van der Waals surface area contributed by atoms with Gasteiger partial charge >= 0.3 is 0 Å². The van der Waals surface area contributed by atoms with E-state index in [9.17, 15) is 0 Å². The molecule has 0 nitrogen and oxygen atoms in total. The second-order valence-electron chi connectivity index (χ2n) is 4.63. The van der Waals surface area contributed by atoms with Crippen LogP contribution in [0.15, 0.2) is 0 Å². The van der Waals surface area contributed by atoms with Gasteiger partial charge in [0.1, 0.15) is 0 Å². The van der Waals surface area contributed by atoms with Gasteiger partial charge in [0.15, 0.2) is 0 Å². The molecule has 0 bridgehead atoms. The number of rotatable bonds is 2. The van der Waals surface area contributed by atoms with Crippen molar-refractivity contribution in [3.63, 3.8) is 0 Å². The van der Waals surface area contributed by atoms with Crippen LogP contribution in [0.4, 0.5) is 0 Å². The van der Waals surface area contributed by atoms with Gasteiger partial charge in [-0.05, 0) is 49.4 Å². The van der Waals surface area contributed by atoms with E-state index in [1.54, 1.807) is 25.7 Å². The first-order valence-corrected chi connectivity index (χ1v) is 5.33. The summed E-state index contributed by atoms with van der Waals surface area (Å²) in [6.07, 6.45) is 7.61. The molecule has 0 saturated heterocycles. The fourth-order valence-corrected chi connectivity index (χ4v) is 3.15. The average molecular weight is 152 g/mol. The van der Waals surface area contributed by atoms with E-state index in [1.165, 1.54) is 6.42 Å². The van der Waals surface area contributed by atoms with E-state index in [4.69, 9.17) is 0 Å². The molecular formula is C11H20. The van der Waals surface area contributed by atoms with E-state index in [2.05, 4.69) is 13.8 Å². The molecule has 0 spiro atoms. The van der Waals surface area contributed by atoms with Crippen LogP contribution in [-0.4, -0.2) is 0 Å². The third-order valence-electron chi connectivity index (χ3n) is 4.27. The molecule has 2 fully saturated rings. The highest BCUT2D eigenvalue weighted by molar-refractivity contribution is 4.93. The summed E-state index contributed by atoms with van der Waals surface area (Å²) in [5.41, 5.74) is 0. The van der Waals surface area contributed by atoms with Crippen LogP contribution in [0.5, 0.6) is 0 Å². The zero-order valence-electron chi connectivity index (χ0n) is 7.84. The number of fused-ring (bicyclic) bond motifs is 1. The van der Waals surface area contributed by atoms with Crippen LogP contribution in [0.25, 0.3) is 0 Å². The van der Waals surface area contributed by atoms with Crippen LogP contribution in [0.1, 0.15) is 46.0 Å². The molecule has 4 atom stereocenters. The van der Waals surface area contributed by atoms with Gasteiger partial charge in [0.05, 0.1) is 0 Å². The molecule has 2 saturated carbocycles. The van der Waals surface area contributed by atoms with Gasteiger partial charge in [0.2, 0.25) is 0 Å². The van der Waals surface area contributed by atoms with Crippen molar-refractivity contribution in [2.24, 2.45) is 23.7 Å². The van der Waals surface area contributed by atoms with Crippen molar-refractivity contribution in [2.75, 3.05) is 0 Å².